The number of hydrogen-bond donors (Lipinski definition) is 0. The van der Waals surface area contributed by atoms with Crippen molar-refractivity contribution in [1.29, 1.82) is 0 Å². The van der Waals surface area contributed by atoms with Crippen LogP contribution in [0.2, 0.25) is 0 Å². The van der Waals surface area contributed by atoms with E-state index in [0.29, 0.717) is 11.8 Å². The fourth-order valence-corrected chi connectivity index (χ4v) is 4.25. The molecule has 2 aromatic heterocycles. The Morgan fingerprint density at radius 1 is 0.731 bits per heavy atom. The van der Waals surface area contributed by atoms with E-state index in [9.17, 15) is 0 Å². The standard InChI is InChI=1S/C12H13NS.C10H11NS/c1-9(2)12-13-11(8-14-12)10-6-4-3-5-7-10;1-7(2)10-11-8-5-3-4-6-9(8)12-10/h3-9H,1-2H3;3-7H,1-2H3. The van der Waals surface area contributed by atoms with Crippen LogP contribution in [0, 0.1) is 0 Å². The first-order valence-electron chi connectivity index (χ1n) is 8.91. The molecule has 0 spiro atoms. The zero-order valence-corrected chi connectivity index (χ0v) is 17.3. The van der Waals surface area contributed by atoms with E-state index in [1.165, 1.54) is 20.3 Å². The number of aromatic nitrogens is 2. The molecule has 2 heterocycles. The van der Waals surface area contributed by atoms with Crippen LogP contribution in [0.1, 0.15) is 49.5 Å². The highest BCUT2D eigenvalue weighted by Crippen LogP contribution is 2.27. The van der Waals surface area contributed by atoms with E-state index in [2.05, 4.69) is 73.4 Å². The van der Waals surface area contributed by atoms with Crippen LogP contribution < -0.4 is 0 Å². The van der Waals surface area contributed by atoms with Gasteiger partial charge in [-0.2, -0.15) is 0 Å². The first-order valence-corrected chi connectivity index (χ1v) is 10.6. The van der Waals surface area contributed by atoms with Gasteiger partial charge in [0, 0.05) is 22.8 Å². The van der Waals surface area contributed by atoms with Gasteiger partial charge in [0.1, 0.15) is 0 Å². The average molecular weight is 381 g/mol. The van der Waals surface area contributed by atoms with Crippen molar-refractivity contribution < 1.29 is 0 Å². The first-order chi connectivity index (χ1) is 12.5. The van der Waals surface area contributed by atoms with Gasteiger partial charge < -0.3 is 0 Å². The quantitative estimate of drug-likeness (QED) is 0.371. The first kappa shape index (κ1) is 18.7. The van der Waals surface area contributed by atoms with E-state index in [0.717, 1.165) is 11.2 Å². The summed E-state index contributed by atoms with van der Waals surface area (Å²) in [7, 11) is 0. The zero-order chi connectivity index (χ0) is 18.5. The van der Waals surface area contributed by atoms with Gasteiger partial charge in [-0.05, 0) is 12.1 Å². The van der Waals surface area contributed by atoms with Gasteiger partial charge in [0.2, 0.25) is 0 Å². The van der Waals surface area contributed by atoms with E-state index in [1.54, 1.807) is 22.7 Å². The third kappa shape index (κ3) is 4.57. The van der Waals surface area contributed by atoms with Crippen molar-refractivity contribution in [3.63, 3.8) is 0 Å². The van der Waals surface area contributed by atoms with Crippen molar-refractivity contribution in [2.75, 3.05) is 0 Å². The maximum Gasteiger partial charge on any atom is 0.0963 e. The Hall–Kier alpha value is -2.04. The van der Waals surface area contributed by atoms with Crippen LogP contribution in [0.3, 0.4) is 0 Å². The van der Waals surface area contributed by atoms with Gasteiger partial charge in [-0.3, -0.25) is 0 Å². The molecule has 0 fully saturated rings. The lowest BCUT2D eigenvalue weighted by Crippen LogP contribution is -1.85. The molecule has 2 nitrogen and oxygen atoms in total. The molecule has 0 unspecified atom stereocenters. The van der Waals surface area contributed by atoms with Crippen molar-refractivity contribution in [3.05, 3.63) is 70.0 Å². The highest BCUT2D eigenvalue weighted by molar-refractivity contribution is 7.18. The number of thiazole rings is 2. The second-order valence-corrected chi connectivity index (χ2v) is 8.72. The van der Waals surface area contributed by atoms with E-state index >= 15 is 0 Å². The third-order valence-electron chi connectivity index (χ3n) is 3.89. The summed E-state index contributed by atoms with van der Waals surface area (Å²) in [6.45, 7) is 8.70. The van der Waals surface area contributed by atoms with E-state index in [4.69, 9.17) is 0 Å². The second kappa shape index (κ2) is 8.56. The van der Waals surface area contributed by atoms with Crippen LogP contribution in [0.25, 0.3) is 21.5 Å². The molecule has 0 radical (unpaired) electrons. The minimum atomic E-state index is 0.525. The minimum Gasteiger partial charge on any atom is -0.241 e. The largest absolute Gasteiger partial charge is 0.241 e. The van der Waals surface area contributed by atoms with Crippen LogP contribution in [-0.2, 0) is 0 Å². The van der Waals surface area contributed by atoms with Crippen molar-refractivity contribution in [3.8, 4) is 11.3 Å². The van der Waals surface area contributed by atoms with E-state index < -0.39 is 0 Å². The monoisotopic (exact) mass is 380 g/mol. The van der Waals surface area contributed by atoms with Gasteiger partial charge in [-0.1, -0.05) is 70.2 Å². The van der Waals surface area contributed by atoms with Crippen LogP contribution in [0.4, 0.5) is 0 Å². The summed E-state index contributed by atoms with van der Waals surface area (Å²) < 4.78 is 1.29. The van der Waals surface area contributed by atoms with Crippen LogP contribution in [0.15, 0.2) is 60.0 Å². The molecular weight excluding hydrogens is 356 g/mol. The molecule has 134 valence electrons. The SMILES string of the molecule is CC(C)c1nc(-c2ccccc2)cs1.CC(C)c1nc2ccccc2s1. The normalized spacial score (nSPS) is 11.0. The zero-order valence-electron chi connectivity index (χ0n) is 15.6. The summed E-state index contributed by atoms with van der Waals surface area (Å²) in [6.07, 6.45) is 0. The second-order valence-electron chi connectivity index (χ2n) is 6.77. The molecular formula is C22H24N2S2. The summed E-state index contributed by atoms with van der Waals surface area (Å²) in [5.74, 6) is 1.07. The fraction of sp³-hybridized carbons (Fsp3) is 0.273. The molecule has 0 aliphatic rings. The van der Waals surface area contributed by atoms with E-state index in [-0.39, 0.29) is 0 Å². The topological polar surface area (TPSA) is 25.8 Å². The van der Waals surface area contributed by atoms with Crippen molar-refractivity contribution in [1.82, 2.24) is 9.97 Å². The molecule has 0 amide bonds. The average Bonchev–Trinajstić information content (AvgIpc) is 3.30. The summed E-state index contributed by atoms with van der Waals surface area (Å²) in [6, 6.07) is 18.6. The Kier molecular flexibility index (Phi) is 6.17. The Morgan fingerprint density at radius 3 is 2.00 bits per heavy atom. The molecule has 4 rings (SSSR count). The third-order valence-corrected chi connectivity index (χ3v) is 6.37. The molecule has 4 heteroatoms. The summed E-state index contributed by atoms with van der Waals surface area (Å²) in [4.78, 5) is 9.13. The smallest absolute Gasteiger partial charge is 0.0963 e. The van der Waals surface area contributed by atoms with Crippen LogP contribution in [-0.4, -0.2) is 9.97 Å². The maximum atomic E-state index is 4.60. The molecule has 0 aliphatic carbocycles. The molecule has 26 heavy (non-hydrogen) atoms. The van der Waals surface area contributed by atoms with Gasteiger partial charge >= 0.3 is 0 Å². The molecule has 0 saturated heterocycles. The number of rotatable bonds is 3. The van der Waals surface area contributed by atoms with Gasteiger partial charge in [0.15, 0.2) is 0 Å². The molecule has 0 atom stereocenters. The molecule has 0 aliphatic heterocycles. The van der Waals surface area contributed by atoms with Crippen LogP contribution in [0.5, 0.6) is 0 Å². The van der Waals surface area contributed by atoms with E-state index in [1.807, 2.05) is 24.3 Å². The van der Waals surface area contributed by atoms with Gasteiger partial charge in [-0.25, -0.2) is 9.97 Å². The Bertz CT molecular complexity index is 919. The number of fused-ring (bicyclic) bond motifs is 1. The van der Waals surface area contributed by atoms with Crippen LogP contribution >= 0.6 is 22.7 Å². The van der Waals surface area contributed by atoms with Crippen molar-refractivity contribution in [2.45, 2.75) is 39.5 Å². The molecule has 4 aromatic rings. The Morgan fingerprint density at radius 2 is 1.38 bits per heavy atom. The number of para-hydroxylation sites is 1. The lowest BCUT2D eigenvalue weighted by Gasteiger charge is -1.97. The van der Waals surface area contributed by atoms with Crippen molar-refractivity contribution in [2.24, 2.45) is 0 Å². The summed E-state index contributed by atoms with van der Waals surface area (Å²) in [5.41, 5.74) is 3.43. The highest BCUT2D eigenvalue weighted by Gasteiger charge is 2.07. The predicted molar refractivity (Wildman–Crippen MR) is 115 cm³/mol. The minimum absolute atomic E-state index is 0.525. The molecule has 2 aromatic carbocycles. The maximum absolute atomic E-state index is 4.60. The highest BCUT2D eigenvalue weighted by atomic mass is 32.1. The molecule has 0 bridgehead atoms. The van der Waals surface area contributed by atoms with Gasteiger partial charge in [0.05, 0.1) is 25.9 Å². The summed E-state index contributed by atoms with van der Waals surface area (Å²) in [5, 5.41) is 4.57. The summed E-state index contributed by atoms with van der Waals surface area (Å²) >= 11 is 3.54. The van der Waals surface area contributed by atoms with Gasteiger partial charge in [0.25, 0.3) is 0 Å². The Balaban J connectivity index is 0.000000152. The lowest BCUT2D eigenvalue weighted by atomic mass is 10.2. The molecule has 0 saturated carbocycles. The fourth-order valence-electron chi connectivity index (χ4n) is 2.43. The predicted octanol–water partition coefficient (Wildman–Crippen LogP) is 7.35. The lowest BCUT2D eigenvalue weighted by molar-refractivity contribution is 0.853. The molecule has 0 N–H and O–H groups in total. The number of hydrogen-bond acceptors (Lipinski definition) is 4. The number of nitrogens with zero attached hydrogens (tertiary/aromatic N) is 2. The number of benzene rings is 2. The van der Waals surface area contributed by atoms with Crippen molar-refractivity contribution >= 4 is 32.9 Å². The Labute approximate surface area is 163 Å². The van der Waals surface area contributed by atoms with Gasteiger partial charge in [-0.15, -0.1) is 22.7 Å².